The van der Waals surface area contributed by atoms with E-state index in [1.54, 1.807) is 0 Å². The van der Waals surface area contributed by atoms with E-state index in [0.717, 1.165) is 0 Å². The molecule has 0 bridgehead atoms. The summed E-state index contributed by atoms with van der Waals surface area (Å²) < 4.78 is 0. The van der Waals surface area contributed by atoms with Crippen molar-refractivity contribution in [2.75, 3.05) is 6.61 Å². The highest BCUT2D eigenvalue weighted by atomic mass is 16.3. The maximum Gasteiger partial charge on any atom is 0.291 e. The first-order valence-corrected chi connectivity index (χ1v) is 6.60. The third-order valence-electron chi connectivity index (χ3n) is 2.96. The molecule has 0 aliphatic rings. The number of nitrogens with zero attached hydrogens (tertiary/aromatic N) is 2. The lowest BCUT2D eigenvalue weighted by molar-refractivity contribution is 0.0906. The number of carbonyl (C=O) groups excluding carboxylic acids is 1. The highest BCUT2D eigenvalue weighted by molar-refractivity contribution is 5.90. The number of hydrogen-bond donors (Lipinski definition) is 3. The van der Waals surface area contributed by atoms with Crippen molar-refractivity contribution >= 4 is 5.91 Å². The van der Waals surface area contributed by atoms with E-state index in [9.17, 15) is 4.79 Å². The Bertz CT molecular complexity index is 421. The number of aromatic amines is 1. The van der Waals surface area contributed by atoms with Crippen LogP contribution in [0.3, 0.4) is 0 Å². The highest BCUT2D eigenvalue weighted by Gasteiger charge is 2.23. The van der Waals surface area contributed by atoms with Gasteiger partial charge in [0.25, 0.3) is 5.91 Å². The van der Waals surface area contributed by atoms with Gasteiger partial charge in [0.1, 0.15) is 5.82 Å². The molecule has 1 heterocycles. The van der Waals surface area contributed by atoms with Crippen molar-refractivity contribution < 1.29 is 9.90 Å². The van der Waals surface area contributed by atoms with Gasteiger partial charge in [-0.1, -0.05) is 34.6 Å². The number of aliphatic hydroxyl groups is 1. The van der Waals surface area contributed by atoms with Crippen LogP contribution in [0.5, 0.6) is 0 Å². The monoisotopic (exact) mass is 268 g/mol. The Balaban J connectivity index is 2.75. The van der Waals surface area contributed by atoms with E-state index < -0.39 is 0 Å². The van der Waals surface area contributed by atoms with Crippen molar-refractivity contribution in [3.05, 3.63) is 11.6 Å². The minimum Gasteiger partial charge on any atom is -0.396 e. The fourth-order valence-corrected chi connectivity index (χ4v) is 1.64. The van der Waals surface area contributed by atoms with Gasteiger partial charge in [-0.2, -0.15) is 0 Å². The van der Waals surface area contributed by atoms with Gasteiger partial charge in [0, 0.05) is 18.1 Å². The van der Waals surface area contributed by atoms with Gasteiger partial charge in [-0.15, -0.1) is 5.10 Å². The number of carbonyl (C=O) groups is 1. The van der Waals surface area contributed by atoms with E-state index in [1.165, 1.54) is 0 Å². The van der Waals surface area contributed by atoms with Gasteiger partial charge < -0.3 is 10.4 Å². The molecule has 1 rings (SSSR count). The second-order valence-corrected chi connectivity index (χ2v) is 6.09. The van der Waals surface area contributed by atoms with Crippen molar-refractivity contribution in [2.45, 2.75) is 52.5 Å². The Morgan fingerprint density at radius 1 is 1.42 bits per heavy atom. The zero-order chi connectivity index (χ0) is 14.6. The number of amides is 1. The first-order valence-electron chi connectivity index (χ1n) is 6.60. The van der Waals surface area contributed by atoms with Crippen LogP contribution in [0.1, 0.15) is 57.5 Å². The Morgan fingerprint density at radius 3 is 2.47 bits per heavy atom. The summed E-state index contributed by atoms with van der Waals surface area (Å²) in [7, 11) is 0. The van der Waals surface area contributed by atoms with Crippen molar-refractivity contribution in [3.63, 3.8) is 0 Å². The molecule has 108 valence electrons. The number of nitrogens with one attached hydrogen (secondary N) is 2. The highest BCUT2D eigenvalue weighted by Crippen LogP contribution is 2.17. The lowest BCUT2D eigenvalue weighted by atomic mass is 9.96. The van der Waals surface area contributed by atoms with E-state index in [4.69, 9.17) is 5.11 Å². The quantitative estimate of drug-likeness (QED) is 0.749. The SMILES string of the molecule is CC(C)C(CCO)NC(=O)c1n[nH]c(C(C)(C)C)n1. The fourth-order valence-electron chi connectivity index (χ4n) is 1.64. The van der Waals surface area contributed by atoms with Crippen LogP contribution in [-0.4, -0.2) is 38.8 Å². The summed E-state index contributed by atoms with van der Waals surface area (Å²) in [6.07, 6.45) is 0.528. The average Bonchev–Trinajstić information content (AvgIpc) is 2.76. The lowest BCUT2D eigenvalue weighted by Crippen LogP contribution is -2.39. The summed E-state index contributed by atoms with van der Waals surface area (Å²) in [4.78, 5) is 16.2. The molecular formula is C13H24N4O2. The van der Waals surface area contributed by atoms with Gasteiger partial charge in [0.15, 0.2) is 0 Å². The van der Waals surface area contributed by atoms with Crippen LogP contribution in [0.2, 0.25) is 0 Å². The maximum absolute atomic E-state index is 12.0. The van der Waals surface area contributed by atoms with Gasteiger partial charge in [-0.25, -0.2) is 4.98 Å². The van der Waals surface area contributed by atoms with Gasteiger partial charge in [-0.05, 0) is 12.3 Å². The second-order valence-electron chi connectivity index (χ2n) is 6.09. The normalized spacial score (nSPS) is 13.6. The fraction of sp³-hybridized carbons (Fsp3) is 0.769. The van der Waals surface area contributed by atoms with Crippen molar-refractivity contribution in [2.24, 2.45) is 5.92 Å². The molecule has 1 amide bonds. The largest absolute Gasteiger partial charge is 0.396 e. The van der Waals surface area contributed by atoms with Gasteiger partial charge >= 0.3 is 0 Å². The first-order chi connectivity index (χ1) is 8.75. The number of aromatic nitrogens is 3. The second kappa shape index (κ2) is 6.14. The Kier molecular flexibility index (Phi) is 5.05. The molecule has 0 spiro atoms. The molecule has 0 aromatic carbocycles. The van der Waals surface area contributed by atoms with E-state index in [1.807, 2.05) is 34.6 Å². The van der Waals surface area contributed by atoms with Crippen LogP contribution in [0.15, 0.2) is 0 Å². The summed E-state index contributed by atoms with van der Waals surface area (Å²) >= 11 is 0. The van der Waals surface area contributed by atoms with Gasteiger partial charge in [0.05, 0.1) is 0 Å². The minimum absolute atomic E-state index is 0.0460. The van der Waals surface area contributed by atoms with E-state index >= 15 is 0 Å². The molecular weight excluding hydrogens is 244 g/mol. The number of aliphatic hydroxyl groups excluding tert-OH is 1. The Hall–Kier alpha value is -1.43. The molecule has 1 atom stereocenters. The van der Waals surface area contributed by atoms with E-state index in [0.29, 0.717) is 12.2 Å². The van der Waals surface area contributed by atoms with Crippen molar-refractivity contribution in [3.8, 4) is 0 Å². The number of H-pyrrole nitrogens is 1. The molecule has 0 aliphatic carbocycles. The van der Waals surface area contributed by atoms with Crippen LogP contribution in [0.25, 0.3) is 0 Å². The van der Waals surface area contributed by atoms with Gasteiger partial charge in [0.2, 0.25) is 5.82 Å². The summed E-state index contributed by atoms with van der Waals surface area (Å²) in [5.74, 6) is 0.769. The van der Waals surface area contributed by atoms with Crippen LogP contribution < -0.4 is 5.32 Å². The molecule has 0 saturated carbocycles. The molecule has 0 saturated heterocycles. The van der Waals surface area contributed by atoms with Crippen LogP contribution in [0, 0.1) is 5.92 Å². The van der Waals surface area contributed by atoms with Crippen molar-refractivity contribution in [1.29, 1.82) is 0 Å². The summed E-state index contributed by atoms with van der Waals surface area (Å²) in [5, 5.41) is 18.6. The van der Waals surface area contributed by atoms with Crippen LogP contribution >= 0.6 is 0 Å². The molecule has 1 aromatic heterocycles. The third-order valence-corrected chi connectivity index (χ3v) is 2.96. The maximum atomic E-state index is 12.0. The predicted octanol–water partition coefficient (Wildman–Crippen LogP) is 1.24. The average molecular weight is 268 g/mol. The summed E-state index contributed by atoms with van der Waals surface area (Å²) in [5.41, 5.74) is -0.173. The molecule has 3 N–H and O–H groups in total. The van der Waals surface area contributed by atoms with Crippen molar-refractivity contribution in [1.82, 2.24) is 20.5 Å². The van der Waals surface area contributed by atoms with E-state index in [2.05, 4.69) is 20.5 Å². The molecule has 0 aliphatic heterocycles. The molecule has 1 aromatic rings. The first kappa shape index (κ1) is 15.6. The molecule has 0 radical (unpaired) electrons. The lowest BCUT2D eigenvalue weighted by Gasteiger charge is -2.20. The molecule has 6 heteroatoms. The minimum atomic E-state index is -0.307. The van der Waals surface area contributed by atoms with Gasteiger partial charge in [-0.3, -0.25) is 9.89 Å². The smallest absolute Gasteiger partial charge is 0.291 e. The van der Waals surface area contributed by atoms with Crippen LogP contribution in [-0.2, 0) is 5.41 Å². The number of hydrogen-bond acceptors (Lipinski definition) is 4. The predicted molar refractivity (Wildman–Crippen MR) is 72.9 cm³/mol. The zero-order valence-corrected chi connectivity index (χ0v) is 12.3. The molecule has 0 fully saturated rings. The summed E-state index contributed by atoms with van der Waals surface area (Å²) in [6.45, 7) is 10.0. The molecule has 1 unspecified atom stereocenters. The zero-order valence-electron chi connectivity index (χ0n) is 12.3. The Labute approximate surface area is 114 Å². The van der Waals surface area contributed by atoms with Crippen LogP contribution in [0.4, 0.5) is 0 Å². The van der Waals surface area contributed by atoms with E-state index in [-0.39, 0.29) is 35.7 Å². The number of rotatable bonds is 5. The molecule has 19 heavy (non-hydrogen) atoms. The summed E-state index contributed by atoms with van der Waals surface area (Å²) in [6, 6.07) is -0.0749. The standard InChI is InChI=1S/C13H24N4O2/c1-8(2)9(6-7-18)14-11(19)10-15-12(17-16-10)13(3,4)5/h8-9,18H,6-7H2,1-5H3,(H,14,19)(H,15,16,17). The molecule has 6 nitrogen and oxygen atoms in total. The third kappa shape index (κ3) is 4.31. The Morgan fingerprint density at radius 2 is 2.05 bits per heavy atom. The topological polar surface area (TPSA) is 90.9 Å².